The monoisotopic (exact) mass is 237 g/mol. The third-order valence-corrected chi connectivity index (χ3v) is 3.10. The Kier molecular flexibility index (Phi) is 2.59. The van der Waals surface area contributed by atoms with Crippen molar-refractivity contribution in [3.8, 4) is 0 Å². The molecule has 1 saturated carbocycles. The molecule has 0 aliphatic heterocycles. The topological polar surface area (TPSA) is 25.2 Å². The van der Waals surface area contributed by atoms with Crippen LogP contribution in [0.4, 0.5) is 8.78 Å². The molecule has 3 rings (SSSR count). The van der Waals surface area contributed by atoms with Gasteiger partial charge in [-0.1, -0.05) is 0 Å². The SMILES string of the molecule is Fc1ccc(F)c2c(CCNC3CC3)coc12. The fraction of sp³-hybridized carbons (Fsp3) is 0.385. The van der Waals surface area contributed by atoms with E-state index >= 15 is 0 Å². The van der Waals surface area contributed by atoms with E-state index < -0.39 is 11.6 Å². The van der Waals surface area contributed by atoms with E-state index in [1.165, 1.54) is 19.1 Å². The van der Waals surface area contributed by atoms with Gasteiger partial charge in [0.15, 0.2) is 11.4 Å². The molecule has 4 heteroatoms. The van der Waals surface area contributed by atoms with Crippen molar-refractivity contribution in [3.63, 3.8) is 0 Å². The van der Waals surface area contributed by atoms with Crippen LogP contribution in [0.5, 0.6) is 0 Å². The number of fused-ring (bicyclic) bond motifs is 1. The van der Waals surface area contributed by atoms with Gasteiger partial charge in [0, 0.05) is 11.6 Å². The number of hydrogen-bond acceptors (Lipinski definition) is 2. The van der Waals surface area contributed by atoms with Crippen molar-refractivity contribution in [2.75, 3.05) is 6.54 Å². The molecule has 1 aliphatic rings. The Morgan fingerprint density at radius 1 is 1.24 bits per heavy atom. The summed E-state index contributed by atoms with van der Waals surface area (Å²) in [6.45, 7) is 0.773. The van der Waals surface area contributed by atoms with Crippen molar-refractivity contribution in [2.45, 2.75) is 25.3 Å². The van der Waals surface area contributed by atoms with Crippen molar-refractivity contribution < 1.29 is 13.2 Å². The highest BCUT2D eigenvalue weighted by atomic mass is 19.1. The molecule has 1 fully saturated rings. The van der Waals surface area contributed by atoms with Gasteiger partial charge in [-0.05, 0) is 37.9 Å². The third-order valence-electron chi connectivity index (χ3n) is 3.10. The van der Waals surface area contributed by atoms with Crippen LogP contribution in [0.1, 0.15) is 18.4 Å². The van der Waals surface area contributed by atoms with Crippen molar-refractivity contribution >= 4 is 11.0 Å². The van der Waals surface area contributed by atoms with E-state index in [1.54, 1.807) is 0 Å². The van der Waals surface area contributed by atoms with E-state index in [9.17, 15) is 8.78 Å². The summed E-state index contributed by atoms with van der Waals surface area (Å²) in [6, 6.07) is 2.85. The minimum absolute atomic E-state index is 0.0198. The van der Waals surface area contributed by atoms with Crippen LogP contribution in [-0.4, -0.2) is 12.6 Å². The summed E-state index contributed by atoms with van der Waals surface area (Å²) < 4.78 is 32.1. The van der Waals surface area contributed by atoms with Crippen LogP contribution >= 0.6 is 0 Å². The van der Waals surface area contributed by atoms with Gasteiger partial charge in [-0.2, -0.15) is 0 Å². The smallest absolute Gasteiger partial charge is 0.172 e. The van der Waals surface area contributed by atoms with Crippen LogP contribution in [0, 0.1) is 11.6 Å². The van der Waals surface area contributed by atoms with E-state index in [0.29, 0.717) is 12.5 Å². The van der Waals surface area contributed by atoms with Gasteiger partial charge in [-0.15, -0.1) is 0 Å². The molecule has 1 N–H and O–H groups in total. The van der Waals surface area contributed by atoms with Crippen molar-refractivity contribution in [2.24, 2.45) is 0 Å². The molecular weight excluding hydrogens is 224 g/mol. The number of halogens is 2. The zero-order chi connectivity index (χ0) is 11.8. The number of furan rings is 1. The zero-order valence-corrected chi connectivity index (χ0v) is 9.30. The summed E-state index contributed by atoms with van der Waals surface area (Å²) in [5.41, 5.74) is 0.747. The Bertz CT molecular complexity index is 546. The van der Waals surface area contributed by atoms with Crippen molar-refractivity contribution in [3.05, 3.63) is 35.6 Å². The molecule has 0 unspecified atom stereocenters. The highest BCUT2D eigenvalue weighted by Gasteiger charge is 2.20. The lowest BCUT2D eigenvalue weighted by Gasteiger charge is -2.01. The molecule has 0 amide bonds. The average Bonchev–Trinajstić information content (AvgIpc) is 3.03. The quantitative estimate of drug-likeness (QED) is 0.884. The molecule has 0 spiro atoms. The maximum atomic E-state index is 13.6. The van der Waals surface area contributed by atoms with Crippen LogP contribution < -0.4 is 5.32 Å². The predicted molar refractivity (Wildman–Crippen MR) is 60.9 cm³/mol. The fourth-order valence-electron chi connectivity index (χ4n) is 2.02. The van der Waals surface area contributed by atoms with Crippen LogP contribution in [0.3, 0.4) is 0 Å². The van der Waals surface area contributed by atoms with Crippen LogP contribution in [0.15, 0.2) is 22.8 Å². The van der Waals surface area contributed by atoms with Gasteiger partial charge in [0.25, 0.3) is 0 Å². The summed E-state index contributed by atoms with van der Waals surface area (Å²) in [5, 5.41) is 3.62. The van der Waals surface area contributed by atoms with Gasteiger partial charge in [0.1, 0.15) is 5.82 Å². The van der Waals surface area contributed by atoms with Gasteiger partial charge in [-0.3, -0.25) is 0 Å². The maximum absolute atomic E-state index is 13.6. The second kappa shape index (κ2) is 4.11. The summed E-state index contributed by atoms with van der Waals surface area (Å²) in [7, 11) is 0. The third kappa shape index (κ3) is 2.05. The van der Waals surface area contributed by atoms with Crippen LogP contribution in [0.25, 0.3) is 11.0 Å². The van der Waals surface area contributed by atoms with E-state index in [-0.39, 0.29) is 11.0 Å². The lowest BCUT2D eigenvalue weighted by Crippen LogP contribution is -2.19. The standard InChI is InChI=1S/C13H13F2NO/c14-10-3-4-11(15)13-12(10)8(7-17-13)5-6-16-9-1-2-9/h3-4,7,9,16H,1-2,5-6H2. The number of nitrogens with one attached hydrogen (secondary N) is 1. The average molecular weight is 237 g/mol. The highest BCUT2D eigenvalue weighted by Crippen LogP contribution is 2.27. The number of rotatable bonds is 4. The lowest BCUT2D eigenvalue weighted by atomic mass is 10.1. The summed E-state index contributed by atoms with van der Waals surface area (Å²) in [5.74, 6) is -0.931. The van der Waals surface area contributed by atoms with Crippen LogP contribution in [0.2, 0.25) is 0 Å². The first kappa shape index (κ1) is 10.7. The fourth-order valence-corrected chi connectivity index (χ4v) is 2.02. The number of hydrogen-bond donors (Lipinski definition) is 1. The molecule has 0 radical (unpaired) electrons. The Balaban J connectivity index is 1.85. The molecule has 0 atom stereocenters. The molecule has 0 saturated heterocycles. The summed E-state index contributed by atoms with van der Waals surface area (Å²) in [4.78, 5) is 0. The van der Waals surface area contributed by atoms with E-state index in [2.05, 4.69) is 5.32 Å². The second-order valence-electron chi connectivity index (χ2n) is 4.47. The first-order chi connectivity index (χ1) is 8.25. The number of benzene rings is 1. The normalized spacial score (nSPS) is 15.6. The lowest BCUT2D eigenvalue weighted by molar-refractivity contribution is 0.553. The van der Waals surface area contributed by atoms with E-state index in [0.717, 1.165) is 24.2 Å². The van der Waals surface area contributed by atoms with Gasteiger partial charge in [0.2, 0.25) is 0 Å². The molecule has 1 aromatic heterocycles. The van der Waals surface area contributed by atoms with Gasteiger partial charge in [-0.25, -0.2) is 8.78 Å². The molecule has 90 valence electrons. The minimum atomic E-state index is -0.511. The largest absolute Gasteiger partial charge is 0.461 e. The van der Waals surface area contributed by atoms with Crippen LogP contribution in [-0.2, 0) is 6.42 Å². The zero-order valence-electron chi connectivity index (χ0n) is 9.30. The Hall–Kier alpha value is -1.42. The molecule has 1 aromatic carbocycles. The summed E-state index contributed by atoms with van der Waals surface area (Å²) >= 11 is 0. The minimum Gasteiger partial charge on any atom is -0.461 e. The van der Waals surface area contributed by atoms with Crippen molar-refractivity contribution in [1.29, 1.82) is 0 Å². The molecule has 0 bridgehead atoms. The Morgan fingerprint density at radius 2 is 2.00 bits per heavy atom. The van der Waals surface area contributed by atoms with E-state index in [4.69, 9.17) is 4.42 Å². The summed E-state index contributed by atoms with van der Waals surface area (Å²) in [6.07, 6.45) is 4.54. The molecule has 2 nitrogen and oxygen atoms in total. The first-order valence-corrected chi connectivity index (χ1v) is 5.83. The molecule has 17 heavy (non-hydrogen) atoms. The van der Waals surface area contributed by atoms with Gasteiger partial charge >= 0.3 is 0 Å². The predicted octanol–water partition coefficient (Wildman–Crippen LogP) is 3.01. The second-order valence-corrected chi connectivity index (χ2v) is 4.47. The molecule has 1 aliphatic carbocycles. The maximum Gasteiger partial charge on any atom is 0.172 e. The molecular formula is C13H13F2NO. The Labute approximate surface area is 97.6 Å². The Morgan fingerprint density at radius 3 is 2.76 bits per heavy atom. The van der Waals surface area contributed by atoms with E-state index in [1.807, 2.05) is 0 Å². The van der Waals surface area contributed by atoms with Gasteiger partial charge in [0.05, 0.1) is 11.6 Å². The van der Waals surface area contributed by atoms with Crippen molar-refractivity contribution in [1.82, 2.24) is 5.32 Å². The molecule has 1 heterocycles. The van der Waals surface area contributed by atoms with Gasteiger partial charge < -0.3 is 9.73 Å². The highest BCUT2D eigenvalue weighted by molar-refractivity contribution is 5.82. The first-order valence-electron chi connectivity index (χ1n) is 5.83. The molecule has 2 aromatic rings.